The molecule has 1 aliphatic heterocycles. The molecule has 2 heterocycles. The first-order chi connectivity index (χ1) is 12.6. The van der Waals surface area contributed by atoms with Gasteiger partial charge in [0.2, 0.25) is 5.90 Å². The van der Waals surface area contributed by atoms with Crippen LogP contribution >= 0.6 is 34.2 Å². The number of ether oxygens (including phenoxy) is 1. The smallest absolute Gasteiger partial charge is 0.363 e. The van der Waals surface area contributed by atoms with Crippen LogP contribution in [-0.4, -0.2) is 11.9 Å². The van der Waals surface area contributed by atoms with Crippen LogP contribution in [-0.2, 0) is 9.53 Å². The summed E-state index contributed by atoms with van der Waals surface area (Å²) in [6.45, 7) is 0. The number of hydrogen-bond donors (Lipinski definition) is 0. The number of furan rings is 1. The Morgan fingerprint density at radius 2 is 1.88 bits per heavy atom. The minimum absolute atomic E-state index is 0.201. The molecule has 0 aliphatic carbocycles. The van der Waals surface area contributed by atoms with Crippen molar-refractivity contribution in [1.29, 1.82) is 0 Å². The molecule has 0 saturated heterocycles. The number of aliphatic imine (C=N–C) groups is 1. The third kappa shape index (κ3) is 3.45. The number of carbonyl (C=O) groups is 1. The lowest BCUT2D eigenvalue weighted by molar-refractivity contribution is -0.129. The van der Waals surface area contributed by atoms with Crippen LogP contribution in [0, 0.1) is 3.57 Å². The maximum absolute atomic E-state index is 12.1. The number of halogens is 2. The van der Waals surface area contributed by atoms with E-state index in [0.29, 0.717) is 22.4 Å². The van der Waals surface area contributed by atoms with Crippen molar-refractivity contribution in [2.24, 2.45) is 4.99 Å². The average Bonchev–Trinajstić information content (AvgIpc) is 3.23. The summed E-state index contributed by atoms with van der Waals surface area (Å²) >= 11 is 8.19. The fourth-order valence-electron chi connectivity index (χ4n) is 2.52. The van der Waals surface area contributed by atoms with Gasteiger partial charge in [0.05, 0.1) is 5.56 Å². The monoisotopic (exact) mass is 475 g/mol. The van der Waals surface area contributed by atoms with E-state index < -0.39 is 5.97 Å². The quantitative estimate of drug-likeness (QED) is 0.284. The van der Waals surface area contributed by atoms with E-state index in [9.17, 15) is 4.79 Å². The van der Waals surface area contributed by atoms with Crippen LogP contribution in [0.5, 0.6) is 0 Å². The molecule has 3 aromatic rings. The van der Waals surface area contributed by atoms with E-state index in [1.807, 2.05) is 48.5 Å². The van der Waals surface area contributed by atoms with E-state index >= 15 is 0 Å². The molecule has 0 saturated carbocycles. The van der Waals surface area contributed by atoms with Gasteiger partial charge in [-0.05, 0) is 59.0 Å². The van der Waals surface area contributed by atoms with Crippen molar-refractivity contribution < 1.29 is 13.9 Å². The van der Waals surface area contributed by atoms with Crippen molar-refractivity contribution in [3.05, 3.63) is 86.3 Å². The third-order valence-corrected chi connectivity index (χ3v) is 4.92. The van der Waals surface area contributed by atoms with Gasteiger partial charge in [0.15, 0.2) is 5.70 Å². The molecule has 0 amide bonds. The fourth-order valence-corrected chi connectivity index (χ4v) is 3.33. The first-order valence-electron chi connectivity index (χ1n) is 7.73. The van der Waals surface area contributed by atoms with Gasteiger partial charge in [-0.3, -0.25) is 0 Å². The van der Waals surface area contributed by atoms with Gasteiger partial charge in [-0.2, -0.15) is 0 Å². The Morgan fingerprint density at radius 1 is 1.04 bits per heavy atom. The van der Waals surface area contributed by atoms with Crippen molar-refractivity contribution in [3.63, 3.8) is 0 Å². The van der Waals surface area contributed by atoms with Gasteiger partial charge in [-0.25, -0.2) is 9.79 Å². The van der Waals surface area contributed by atoms with Gasteiger partial charge in [-0.15, -0.1) is 0 Å². The highest BCUT2D eigenvalue weighted by Crippen LogP contribution is 2.27. The summed E-state index contributed by atoms with van der Waals surface area (Å²) in [7, 11) is 0. The van der Waals surface area contributed by atoms with Crippen molar-refractivity contribution in [2.45, 2.75) is 0 Å². The number of cyclic esters (lactones) is 1. The van der Waals surface area contributed by atoms with Crippen LogP contribution in [0.1, 0.15) is 11.3 Å². The molecular weight excluding hydrogens is 465 g/mol. The molecule has 4 nitrogen and oxygen atoms in total. The molecule has 0 spiro atoms. The van der Waals surface area contributed by atoms with Gasteiger partial charge in [0.25, 0.3) is 0 Å². The van der Waals surface area contributed by atoms with E-state index in [1.54, 1.807) is 18.2 Å². The van der Waals surface area contributed by atoms with Gasteiger partial charge >= 0.3 is 5.97 Å². The van der Waals surface area contributed by atoms with Crippen molar-refractivity contribution in [2.75, 3.05) is 0 Å². The number of esters is 1. The normalized spacial score (nSPS) is 15.2. The zero-order chi connectivity index (χ0) is 18.1. The second-order valence-corrected chi connectivity index (χ2v) is 7.13. The Balaban J connectivity index is 1.64. The third-order valence-electron chi connectivity index (χ3n) is 3.74. The van der Waals surface area contributed by atoms with Crippen LogP contribution in [0.3, 0.4) is 0 Å². The van der Waals surface area contributed by atoms with Gasteiger partial charge in [-0.1, -0.05) is 35.9 Å². The average molecular weight is 476 g/mol. The minimum Gasteiger partial charge on any atom is -0.457 e. The van der Waals surface area contributed by atoms with E-state index in [1.165, 1.54) is 0 Å². The van der Waals surface area contributed by atoms with Crippen LogP contribution in [0.2, 0.25) is 5.02 Å². The van der Waals surface area contributed by atoms with Crippen LogP contribution in [0.15, 0.2) is 75.8 Å². The SMILES string of the molecule is O=C1OC(c2ccccc2I)=N/C1=C\c1ccc(-c2cccc(Cl)c2)o1. The van der Waals surface area contributed by atoms with Gasteiger partial charge in [0.1, 0.15) is 11.5 Å². The molecule has 4 rings (SSSR count). The molecule has 1 aliphatic rings. The molecule has 0 bridgehead atoms. The summed E-state index contributed by atoms with van der Waals surface area (Å²) in [6, 6.07) is 18.5. The van der Waals surface area contributed by atoms with Gasteiger partial charge < -0.3 is 9.15 Å². The lowest BCUT2D eigenvalue weighted by atomic mass is 10.2. The zero-order valence-corrected chi connectivity index (χ0v) is 16.2. The second kappa shape index (κ2) is 7.09. The molecule has 0 fully saturated rings. The maximum Gasteiger partial charge on any atom is 0.363 e. The first kappa shape index (κ1) is 17.1. The molecule has 0 N–H and O–H groups in total. The predicted molar refractivity (Wildman–Crippen MR) is 109 cm³/mol. The molecular formula is C20H11ClINO3. The van der Waals surface area contributed by atoms with E-state index in [2.05, 4.69) is 27.6 Å². The Morgan fingerprint density at radius 3 is 2.69 bits per heavy atom. The molecule has 0 unspecified atom stereocenters. The zero-order valence-electron chi connectivity index (χ0n) is 13.3. The molecule has 26 heavy (non-hydrogen) atoms. The second-order valence-electron chi connectivity index (χ2n) is 5.53. The molecule has 1 aromatic heterocycles. The Hall–Kier alpha value is -2.38. The highest BCUT2D eigenvalue weighted by Gasteiger charge is 2.25. The molecule has 6 heteroatoms. The van der Waals surface area contributed by atoms with Crippen LogP contribution in [0.25, 0.3) is 17.4 Å². The van der Waals surface area contributed by atoms with Crippen molar-refractivity contribution >= 4 is 52.1 Å². The molecule has 0 atom stereocenters. The minimum atomic E-state index is -0.500. The number of nitrogens with zero attached hydrogens (tertiary/aromatic N) is 1. The lowest BCUT2D eigenvalue weighted by Crippen LogP contribution is -2.06. The summed E-state index contributed by atoms with van der Waals surface area (Å²) in [5.41, 5.74) is 1.84. The van der Waals surface area contributed by atoms with E-state index in [4.69, 9.17) is 20.8 Å². The molecule has 0 radical (unpaired) electrons. The van der Waals surface area contributed by atoms with Crippen LogP contribution in [0.4, 0.5) is 0 Å². The highest BCUT2D eigenvalue weighted by molar-refractivity contribution is 14.1. The van der Waals surface area contributed by atoms with Crippen molar-refractivity contribution in [3.8, 4) is 11.3 Å². The predicted octanol–water partition coefficient (Wildman–Crippen LogP) is 5.55. The highest BCUT2D eigenvalue weighted by atomic mass is 127. The number of hydrogen-bond acceptors (Lipinski definition) is 4. The summed E-state index contributed by atoms with van der Waals surface area (Å²) < 4.78 is 12.0. The van der Waals surface area contributed by atoms with E-state index in [0.717, 1.165) is 14.7 Å². The Kier molecular flexibility index (Phi) is 4.65. The van der Waals surface area contributed by atoms with Gasteiger partial charge in [0, 0.05) is 20.2 Å². The first-order valence-corrected chi connectivity index (χ1v) is 9.19. The standard InChI is InChI=1S/C20H11ClINO3/c21-13-5-3-4-12(10-13)18-9-8-14(25-18)11-17-20(24)26-19(23-17)15-6-1-2-7-16(15)22/h1-11H/b17-11-. The molecule has 2 aromatic carbocycles. The van der Waals surface area contributed by atoms with Crippen LogP contribution < -0.4 is 0 Å². The Bertz CT molecular complexity index is 1070. The number of benzene rings is 2. The summed E-state index contributed by atoms with van der Waals surface area (Å²) in [6.07, 6.45) is 1.57. The summed E-state index contributed by atoms with van der Waals surface area (Å²) in [4.78, 5) is 16.4. The largest absolute Gasteiger partial charge is 0.457 e. The maximum atomic E-state index is 12.1. The van der Waals surface area contributed by atoms with E-state index in [-0.39, 0.29) is 5.70 Å². The Labute approximate surface area is 168 Å². The fraction of sp³-hybridized carbons (Fsp3) is 0. The topological polar surface area (TPSA) is 51.8 Å². The lowest BCUT2D eigenvalue weighted by Gasteiger charge is -2.01. The van der Waals surface area contributed by atoms with Crippen molar-refractivity contribution in [1.82, 2.24) is 0 Å². The molecule has 128 valence electrons. The number of carbonyl (C=O) groups excluding carboxylic acids is 1. The summed E-state index contributed by atoms with van der Waals surface area (Å²) in [5, 5.41) is 0.630. The summed E-state index contributed by atoms with van der Waals surface area (Å²) in [5.74, 6) is 0.973. The number of rotatable bonds is 3.